The van der Waals surface area contributed by atoms with E-state index in [1.807, 2.05) is 0 Å². The van der Waals surface area contributed by atoms with E-state index < -0.39 is 12.5 Å². The average molecular weight is 403 g/mol. The zero-order valence-corrected chi connectivity index (χ0v) is 15.9. The van der Waals surface area contributed by atoms with Gasteiger partial charge < -0.3 is 19.2 Å². The number of carbonyl (C=O) groups excluding carboxylic acids is 1. The van der Waals surface area contributed by atoms with Gasteiger partial charge in [0.15, 0.2) is 17.1 Å². The van der Waals surface area contributed by atoms with Crippen molar-refractivity contribution in [2.75, 3.05) is 11.9 Å². The predicted octanol–water partition coefficient (Wildman–Crippen LogP) is 2.74. The fraction of sp³-hybridized carbons (Fsp3) is 0.421. The van der Waals surface area contributed by atoms with Gasteiger partial charge in [0.2, 0.25) is 0 Å². The van der Waals surface area contributed by atoms with Crippen molar-refractivity contribution in [1.82, 2.24) is 19.2 Å². The highest BCUT2D eigenvalue weighted by Gasteiger charge is 2.61. The van der Waals surface area contributed by atoms with Crippen molar-refractivity contribution in [2.24, 2.45) is 7.05 Å². The summed E-state index contributed by atoms with van der Waals surface area (Å²) in [7, 11) is 1.70. The predicted molar refractivity (Wildman–Crippen MR) is 98.3 cm³/mol. The van der Waals surface area contributed by atoms with E-state index in [4.69, 9.17) is 4.74 Å². The largest absolute Gasteiger partial charge is 0.431 e. The standard InChI is InChI=1S/C19H19F2N5O3/c1-18-8-19(9-18,10-28-18)14-7-26-6-11(5-13(15(26)23-14)29-17(20)21)22-16(27)12-3-4-25(2)24-12/h3-7,17H,8-10H2,1-2H3,(H,22,27). The average Bonchev–Trinajstić information content (AvgIpc) is 3.36. The van der Waals surface area contributed by atoms with Crippen LogP contribution in [-0.4, -0.2) is 43.9 Å². The number of aryl methyl sites for hydroxylation is 1. The highest BCUT2D eigenvalue weighted by molar-refractivity contribution is 6.02. The van der Waals surface area contributed by atoms with Crippen LogP contribution in [0.5, 0.6) is 5.75 Å². The molecule has 1 aliphatic carbocycles. The van der Waals surface area contributed by atoms with Crippen LogP contribution in [0.1, 0.15) is 35.9 Å². The Morgan fingerprint density at radius 2 is 2.17 bits per heavy atom. The molecule has 3 aromatic rings. The molecule has 10 heteroatoms. The Balaban J connectivity index is 1.51. The zero-order valence-electron chi connectivity index (χ0n) is 15.9. The maximum Gasteiger partial charge on any atom is 0.387 e. The first-order valence-corrected chi connectivity index (χ1v) is 9.18. The number of fused-ring (bicyclic) bond motifs is 2. The van der Waals surface area contributed by atoms with Crippen LogP contribution < -0.4 is 10.1 Å². The molecule has 3 fully saturated rings. The molecule has 6 rings (SSSR count). The Morgan fingerprint density at radius 1 is 1.38 bits per heavy atom. The molecule has 2 aliphatic heterocycles. The number of rotatable bonds is 5. The number of pyridine rings is 1. The summed E-state index contributed by atoms with van der Waals surface area (Å²) in [4.78, 5) is 17.0. The molecule has 0 aromatic carbocycles. The summed E-state index contributed by atoms with van der Waals surface area (Å²) in [6.07, 6.45) is 6.74. The summed E-state index contributed by atoms with van der Waals surface area (Å²) in [6, 6.07) is 2.90. The topological polar surface area (TPSA) is 82.7 Å². The van der Waals surface area contributed by atoms with Crippen LogP contribution in [-0.2, 0) is 17.2 Å². The number of amides is 1. The third kappa shape index (κ3) is 2.94. The Hall–Kier alpha value is -3.01. The third-order valence-electron chi connectivity index (χ3n) is 5.60. The van der Waals surface area contributed by atoms with Crippen molar-refractivity contribution in [3.8, 4) is 5.75 Å². The number of nitrogens with one attached hydrogen (secondary N) is 1. The number of carbonyl (C=O) groups is 1. The maximum absolute atomic E-state index is 13.0. The summed E-state index contributed by atoms with van der Waals surface area (Å²) in [5.74, 6) is -0.562. The molecule has 2 saturated heterocycles. The van der Waals surface area contributed by atoms with Crippen LogP contribution in [0.2, 0.25) is 0 Å². The molecule has 2 bridgehead atoms. The van der Waals surface area contributed by atoms with Gasteiger partial charge in [-0.25, -0.2) is 4.98 Å². The smallest absolute Gasteiger partial charge is 0.387 e. The lowest BCUT2D eigenvalue weighted by molar-refractivity contribution is -0.0491. The first-order valence-electron chi connectivity index (χ1n) is 9.18. The van der Waals surface area contributed by atoms with Crippen molar-refractivity contribution < 1.29 is 23.0 Å². The molecule has 3 aliphatic rings. The molecule has 8 nitrogen and oxygen atoms in total. The molecule has 0 radical (unpaired) electrons. The molecule has 0 unspecified atom stereocenters. The SMILES string of the molecule is Cn1ccc(C(=O)Nc2cc(OC(F)F)c3nc(C45COC(C)(C4)C5)cn3c2)n1. The zero-order chi connectivity index (χ0) is 20.4. The van der Waals surface area contributed by atoms with Gasteiger partial charge >= 0.3 is 6.61 Å². The van der Waals surface area contributed by atoms with Gasteiger partial charge in [-0.05, 0) is 25.8 Å². The van der Waals surface area contributed by atoms with Crippen LogP contribution >= 0.6 is 0 Å². The van der Waals surface area contributed by atoms with Crippen LogP contribution in [0, 0.1) is 0 Å². The number of hydrogen-bond donors (Lipinski definition) is 1. The van der Waals surface area contributed by atoms with Gasteiger partial charge in [0.05, 0.1) is 23.6 Å². The number of ether oxygens (including phenoxy) is 2. The second kappa shape index (κ2) is 5.99. The van der Waals surface area contributed by atoms with Crippen LogP contribution in [0.4, 0.5) is 14.5 Å². The van der Waals surface area contributed by atoms with E-state index in [1.54, 1.807) is 36.1 Å². The summed E-state index contributed by atoms with van der Waals surface area (Å²) >= 11 is 0. The Labute approximate surface area is 164 Å². The monoisotopic (exact) mass is 403 g/mol. The van der Waals surface area contributed by atoms with E-state index >= 15 is 0 Å². The van der Waals surface area contributed by atoms with Crippen molar-refractivity contribution in [1.29, 1.82) is 0 Å². The summed E-state index contributed by atoms with van der Waals surface area (Å²) in [5.41, 5.74) is 1.24. The Morgan fingerprint density at radius 3 is 2.79 bits per heavy atom. The molecule has 0 atom stereocenters. The minimum absolute atomic E-state index is 0.109. The van der Waals surface area contributed by atoms with Gasteiger partial charge in [0.1, 0.15) is 0 Å². The lowest BCUT2D eigenvalue weighted by Crippen LogP contribution is -2.45. The molecule has 1 amide bonds. The maximum atomic E-state index is 13.0. The lowest BCUT2D eigenvalue weighted by Gasteiger charge is -2.41. The number of halogens is 2. The third-order valence-corrected chi connectivity index (χ3v) is 5.60. The highest BCUT2D eigenvalue weighted by atomic mass is 19.3. The van der Waals surface area contributed by atoms with Crippen LogP contribution in [0.15, 0.2) is 30.7 Å². The van der Waals surface area contributed by atoms with E-state index in [0.29, 0.717) is 12.3 Å². The highest BCUT2D eigenvalue weighted by Crippen LogP contribution is 2.58. The van der Waals surface area contributed by atoms with Crippen LogP contribution in [0.3, 0.4) is 0 Å². The minimum Gasteiger partial charge on any atom is -0.431 e. The fourth-order valence-electron chi connectivity index (χ4n) is 4.46. The number of nitrogens with zero attached hydrogens (tertiary/aromatic N) is 4. The van der Waals surface area contributed by atoms with E-state index in [9.17, 15) is 13.6 Å². The molecule has 152 valence electrons. The van der Waals surface area contributed by atoms with Gasteiger partial charge in [0, 0.05) is 37.1 Å². The molecular formula is C19H19F2N5O3. The number of imidazole rings is 1. The molecular weight excluding hydrogens is 384 g/mol. The lowest BCUT2D eigenvalue weighted by atomic mass is 9.62. The quantitative estimate of drug-likeness (QED) is 0.708. The molecule has 1 saturated carbocycles. The van der Waals surface area contributed by atoms with Gasteiger partial charge in [-0.3, -0.25) is 9.48 Å². The van der Waals surface area contributed by atoms with Gasteiger partial charge in [-0.1, -0.05) is 0 Å². The van der Waals surface area contributed by atoms with Crippen molar-refractivity contribution in [3.05, 3.63) is 42.1 Å². The second-order valence-corrected chi connectivity index (χ2v) is 8.03. The number of hydrogen-bond acceptors (Lipinski definition) is 5. The second-order valence-electron chi connectivity index (χ2n) is 8.03. The summed E-state index contributed by atoms with van der Waals surface area (Å²) < 4.78 is 39.6. The minimum atomic E-state index is -3.01. The Bertz CT molecular complexity index is 1120. The fourth-order valence-corrected chi connectivity index (χ4v) is 4.46. The first kappa shape index (κ1) is 18.0. The summed E-state index contributed by atoms with van der Waals surface area (Å²) in [6.45, 7) is -0.396. The molecule has 0 spiro atoms. The van der Waals surface area contributed by atoms with Crippen molar-refractivity contribution in [3.63, 3.8) is 0 Å². The van der Waals surface area contributed by atoms with Crippen molar-refractivity contribution in [2.45, 2.75) is 37.4 Å². The van der Waals surface area contributed by atoms with Crippen LogP contribution in [0.25, 0.3) is 5.65 Å². The molecule has 5 heterocycles. The molecule has 1 N–H and O–H groups in total. The first-order chi connectivity index (χ1) is 13.8. The number of aromatic nitrogens is 4. The summed E-state index contributed by atoms with van der Waals surface area (Å²) in [5, 5.41) is 6.71. The van der Waals surface area contributed by atoms with Crippen molar-refractivity contribution >= 4 is 17.2 Å². The van der Waals surface area contributed by atoms with E-state index in [2.05, 4.69) is 27.1 Å². The Kier molecular flexibility index (Phi) is 3.73. The van der Waals surface area contributed by atoms with E-state index in [1.165, 1.54) is 10.7 Å². The number of anilines is 1. The molecule has 29 heavy (non-hydrogen) atoms. The molecule has 3 aromatic heterocycles. The van der Waals surface area contributed by atoms with Gasteiger partial charge in [0.25, 0.3) is 5.91 Å². The number of alkyl halides is 2. The van der Waals surface area contributed by atoms with Gasteiger partial charge in [-0.2, -0.15) is 13.9 Å². The normalized spacial score (nSPS) is 25.4. The van der Waals surface area contributed by atoms with E-state index in [0.717, 1.165) is 18.5 Å². The van der Waals surface area contributed by atoms with Gasteiger partial charge in [-0.15, -0.1) is 0 Å². The van der Waals surface area contributed by atoms with E-state index in [-0.39, 0.29) is 28.1 Å².